The number of carbonyl (C=O) groups excluding carboxylic acids is 2. The molecule has 2 heterocycles. The van der Waals surface area contributed by atoms with Crippen molar-refractivity contribution in [1.29, 1.82) is 0 Å². The zero-order chi connectivity index (χ0) is 20.6. The predicted octanol–water partition coefficient (Wildman–Crippen LogP) is 1.84. The molecule has 154 valence electrons. The molecular formula is C20H24FN5O3. The molecule has 29 heavy (non-hydrogen) atoms. The van der Waals surface area contributed by atoms with Gasteiger partial charge in [0.1, 0.15) is 18.2 Å². The molecule has 1 fully saturated rings. The van der Waals surface area contributed by atoms with Gasteiger partial charge in [-0.2, -0.15) is 0 Å². The summed E-state index contributed by atoms with van der Waals surface area (Å²) in [7, 11) is 1.46. The van der Waals surface area contributed by atoms with Crippen LogP contribution in [0.4, 0.5) is 20.7 Å². The molecule has 1 aliphatic rings. The number of carbonyl (C=O) groups is 2. The van der Waals surface area contributed by atoms with Crippen LogP contribution in [0.25, 0.3) is 0 Å². The van der Waals surface area contributed by atoms with Gasteiger partial charge in [0.15, 0.2) is 0 Å². The molecule has 1 aromatic heterocycles. The molecular weight excluding hydrogens is 377 g/mol. The van der Waals surface area contributed by atoms with Crippen LogP contribution in [-0.2, 0) is 16.1 Å². The lowest BCUT2D eigenvalue weighted by atomic mass is 10.2. The van der Waals surface area contributed by atoms with Crippen molar-refractivity contribution >= 4 is 23.4 Å². The number of rotatable bonds is 6. The highest BCUT2D eigenvalue weighted by atomic mass is 19.1. The fourth-order valence-corrected chi connectivity index (χ4v) is 3.04. The van der Waals surface area contributed by atoms with Crippen molar-refractivity contribution in [3.8, 4) is 0 Å². The third-order valence-electron chi connectivity index (χ3n) is 4.59. The van der Waals surface area contributed by atoms with Gasteiger partial charge in [0.2, 0.25) is 5.91 Å². The molecule has 0 bridgehead atoms. The van der Waals surface area contributed by atoms with Crippen LogP contribution in [0.15, 0.2) is 42.6 Å². The SMILES string of the molecule is COCC(=O)Nc1ccc(N2CCN(C(=O)NCc3ccccc3F)CC2)nc1. The van der Waals surface area contributed by atoms with Gasteiger partial charge < -0.3 is 25.2 Å². The van der Waals surface area contributed by atoms with Crippen LogP contribution in [0.1, 0.15) is 5.56 Å². The van der Waals surface area contributed by atoms with Gasteiger partial charge in [-0.05, 0) is 18.2 Å². The molecule has 0 saturated carbocycles. The Balaban J connectivity index is 1.46. The monoisotopic (exact) mass is 401 g/mol. The Kier molecular flexibility index (Phi) is 6.96. The number of anilines is 2. The van der Waals surface area contributed by atoms with Crippen molar-refractivity contribution in [3.63, 3.8) is 0 Å². The maximum absolute atomic E-state index is 13.7. The molecule has 2 aromatic rings. The summed E-state index contributed by atoms with van der Waals surface area (Å²) in [4.78, 5) is 32.0. The molecule has 8 nitrogen and oxygen atoms in total. The Bertz CT molecular complexity index is 838. The van der Waals surface area contributed by atoms with Gasteiger partial charge in [0.05, 0.1) is 11.9 Å². The quantitative estimate of drug-likeness (QED) is 0.771. The van der Waals surface area contributed by atoms with Crippen molar-refractivity contribution in [1.82, 2.24) is 15.2 Å². The Hall–Kier alpha value is -3.20. The van der Waals surface area contributed by atoms with Crippen LogP contribution < -0.4 is 15.5 Å². The largest absolute Gasteiger partial charge is 0.375 e. The van der Waals surface area contributed by atoms with Crippen molar-refractivity contribution in [3.05, 3.63) is 54.0 Å². The predicted molar refractivity (Wildman–Crippen MR) is 107 cm³/mol. The molecule has 9 heteroatoms. The fraction of sp³-hybridized carbons (Fsp3) is 0.350. The highest BCUT2D eigenvalue weighted by molar-refractivity contribution is 5.91. The number of hydrogen-bond donors (Lipinski definition) is 2. The van der Waals surface area contributed by atoms with E-state index in [1.807, 2.05) is 6.07 Å². The average molecular weight is 401 g/mol. The van der Waals surface area contributed by atoms with Crippen molar-refractivity contribution in [2.45, 2.75) is 6.54 Å². The first kappa shape index (κ1) is 20.5. The first-order valence-corrected chi connectivity index (χ1v) is 9.33. The van der Waals surface area contributed by atoms with Crippen LogP contribution in [0.5, 0.6) is 0 Å². The molecule has 0 radical (unpaired) electrons. The second kappa shape index (κ2) is 9.83. The number of ether oxygens (including phenoxy) is 1. The number of aromatic nitrogens is 1. The normalized spacial score (nSPS) is 13.9. The lowest BCUT2D eigenvalue weighted by Gasteiger charge is -2.35. The Morgan fingerprint density at radius 3 is 2.55 bits per heavy atom. The van der Waals surface area contributed by atoms with Crippen molar-refractivity contribution < 1.29 is 18.7 Å². The number of hydrogen-bond acceptors (Lipinski definition) is 5. The second-order valence-electron chi connectivity index (χ2n) is 6.61. The van der Waals surface area contributed by atoms with Gasteiger partial charge in [-0.1, -0.05) is 18.2 Å². The summed E-state index contributed by atoms with van der Waals surface area (Å²) < 4.78 is 18.4. The molecule has 1 aromatic carbocycles. The van der Waals surface area contributed by atoms with Gasteiger partial charge in [0.25, 0.3) is 0 Å². The van der Waals surface area contributed by atoms with Crippen molar-refractivity contribution in [2.75, 3.05) is 50.1 Å². The number of urea groups is 1. The van der Waals surface area contributed by atoms with E-state index in [2.05, 4.69) is 20.5 Å². The minimum atomic E-state index is -0.328. The maximum atomic E-state index is 13.7. The topological polar surface area (TPSA) is 86.8 Å². The molecule has 2 N–H and O–H groups in total. The van der Waals surface area contributed by atoms with Gasteiger partial charge in [-0.15, -0.1) is 0 Å². The van der Waals surface area contributed by atoms with Gasteiger partial charge in [-0.3, -0.25) is 4.79 Å². The minimum absolute atomic E-state index is 0.0112. The average Bonchev–Trinajstić information content (AvgIpc) is 2.74. The number of halogens is 1. The lowest BCUT2D eigenvalue weighted by Crippen LogP contribution is -2.51. The number of pyridine rings is 1. The van der Waals surface area contributed by atoms with E-state index in [0.29, 0.717) is 37.4 Å². The number of nitrogens with one attached hydrogen (secondary N) is 2. The van der Waals surface area contributed by atoms with E-state index in [4.69, 9.17) is 4.74 Å². The third kappa shape index (κ3) is 5.64. The summed E-state index contributed by atoms with van der Waals surface area (Å²) in [5.74, 6) is 0.212. The Morgan fingerprint density at radius 1 is 1.14 bits per heavy atom. The standard InChI is InChI=1S/C20H24FN5O3/c1-29-14-19(27)24-16-6-7-18(22-13-16)25-8-10-26(11-9-25)20(28)23-12-15-4-2-3-5-17(15)21/h2-7,13H,8-12,14H2,1H3,(H,23,28)(H,24,27). The highest BCUT2D eigenvalue weighted by Crippen LogP contribution is 2.16. The van der Waals surface area contributed by atoms with E-state index in [9.17, 15) is 14.0 Å². The Labute approximate surface area is 168 Å². The van der Waals surface area contributed by atoms with E-state index < -0.39 is 0 Å². The van der Waals surface area contributed by atoms with Crippen LogP contribution in [0.3, 0.4) is 0 Å². The van der Waals surface area contributed by atoms with Gasteiger partial charge in [-0.25, -0.2) is 14.2 Å². The fourth-order valence-electron chi connectivity index (χ4n) is 3.04. The summed E-state index contributed by atoms with van der Waals surface area (Å²) in [5.41, 5.74) is 1.06. The molecule has 0 unspecified atom stereocenters. The number of benzene rings is 1. The molecule has 1 aliphatic heterocycles. The van der Waals surface area contributed by atoms with E-state index >= 15 is 0 Å². The summed E-state index contributed by atoms with van der Waals surface area (Å²) in [5, 5.41) is 5.46. The molecule has 3 amide bonds. The van der Waals surface area contributed by atoms with Crippen LogP contribution in [0, 0.1) is 5.82 Å². The lowest BCUT2D eigenvalue weighted by molar-refractivity contribution is -0.119. The Morgan fingerprint density at radius 2 is 1.90 bits per heavy atom. The molecule has 0 aliphatic carbocycles. The number of nitrogens with zero attached hydrogens (tertiary/aromatic N) is 3. The summed E-state index contributed by atoms with van der Waals surface area (Å²) >= 11 is 0. The van der Waals surface area contributed by atoms with Crippen molar-refractivity contribution in [2.24, 2.45) is 0 Å². The molecule has 1 saturated heterocycles. The van der Waals surface area contributed by atoms with E-state index in [1.165, 1.54) is 13.2 Å². The number of piperazine rings is 1. The summed E-state index contributed by atoms with van der Waals surface area (Å²) in [6, 6.07) is 9.79. The summed E-state index contributed by atoms with van der Waals surface area (Å²) in [6.07, 6.45) is 1.59. The first-order valence-electron chi connectivity index (χ1n) is 9.33. The molecule has 0 spiro atoms. The van der Waals surface area contributed by atoms with E-state index in [1.54, 1.807) is 35.4 Å². The van der Waals surface area contributed by atoms with E-state index in [-0.39, 0.29) is 30.9 Å². The van der Waals surface area contributed by atoms with Crippen LogP contribution >= 0.6 is 0 Å². The number of amides is 3. The maximum Gasteiger partial charge on any atom is 0.317 e. The minimum Gasteiger partial charge on any atom is -0.375 e. The highest BCUT2D eigenvalue weighted by Gasteiger charge is 2.22. The van der Waals surface area contributed by atoms with Gasteiger partial charge in [0, 0.05) is 45.4 Å². The second-order valence-corrected chi connectivity index (χ2v) is 6.61. The van der Waals surface area contributed by atoms with Gasteiger partial charge >= 0.3 is 6.03 Å². The molecule has 3 rings (SSSR count). The van der Waals surface area contributed by atoms with Crippen LogP contribution in [0.2, 0.25) is 0 Å². The first-order chi connectivity index (χ1) is 14.1. The van der Waals surface area contributed by atoms with E-state index in [0.717, 1.165) is 5.82 Å². The smallest absolute Gasteiger partial charge is 0.317 e. The zero-order valence-corrected chi connectivity index (χ0v) is 16.2. The zero-order valence-electron chi connectivity index (χ0n) is 16.2. The van der Waals surface area contributed by atoms with Crippen LogP contribution in [-0.4, -0.2) is 61.7 Å². The summed E-state index contributed by atoms with van der Waals surface area (Å²) in [6.45, 7) is 2.49. The number of methoxy groups -OCH3 is 1. The third-order valence-corrected chi connectivity index (χ3v) is 4.59. The molecule has 0 atom stereocenters.